The molecule has 0 amide bonds. The zero-order valence-electron chi connectivity index (χ0n) is 12.2. The van der Waals surface area contributed by atoms with E-state index < -0.39 is 0 Å². The van der Waals surface area contributed by atoms with Gasteiger partial charge in [0.15, 0.2) is 0 Å². The van der Waals surface area contributed by atoms with Crippen LogP contribution in [0.1, 0.15) is 22.0 Å². The summed E-state index contributed by atoms with van der Waals surface area (Å²) in [6.45, 7) is 1.03. The van der Waals surface area contributed by atoms with Crippen LogP contribution in [0.15, 0.2) is 42.5 Å². The maximum Gasteiger partial charge on any atom is 0.121 e. The van der Waals surface area contributed by atoms with E-state index in [1.807, 2.05) is 7.05 Å². The van der Waals surface area contributed by atoms with E-state index in [4.69, 9.17) is 0 Å². The first-order valence-electron chi connectivity index (χ1n) is 7.29. The highest BCUT2D eigenvalue weighted by molar-refractivity contribution is 7.11. The van der Waals surface area contributed by atoms with Gasteiger partial charge in [0.1, 0.15) is 10.0 Å². The van der Waals surface area contributed by atoms with Gasteiger partial charge in [-0.15, -0.1) is 21.5 Å². The number of hydrogen-bond acceptors (Lipinski definition) is 4. The minimum absolute atomic E-state index is 0.866. The van der Waals surface area contributed by atoms with E-state index >= 15 is 0 Å². The lowest BCUT2D eigenvalue weighted by molar-refractivity contribution is 0.717. The molecule has 4 heteroatoms. The molecule has 0 unspecified atom stereocenters. The fraction of sp³-hybridized carbons (Fsp3) is 0.294. The second-order valence-corrected chi connectivity index (χ2v) is 6.26. The molecule has 3 aromatic rings. The summed E-state index contributed by atoms with van der Waals surface area (Å²) in [6.07, 6.45) is 2.98. The maximum atomic E-state index is 4.35. The Kier molecular flexibility index (Phi) is 4.58. The van der Waals surface area contributed by atoms with E-state index in [1.165, 1.54) is 16.3 Å². The third-order valence-corrected chi connectivity index (χ3v) is 4.53. The third-order valence-electron chi connectivity index (χ3n) is 3.55. The first kappa shape index (κ1) is 14.2. The van der Waals surface area contributed by atoms with Gasteiger partial charge in [0.25, 0.3) is 0 Å². The summed E-state index contributed by atoms with van der Waals surface area (Å²) in [6, 6.07) is 15.0. The monoisotopic (exact) mass is 297 g/mol. The lowest BCUT2D eigenvalue weighted by Gasteiger charge is -2.04. The molecule has 3 rings (SSSR count). The van der Waals surface area contributed by atoms with Crippen LogP contribution in [-0.4, -0.2) is 23.8 Å². The zero-order valence-corrected chi connectivity index (χ0v) is 13.0. The Morgan fingerprint density at radius 1 is 1.00 bits per heavy atom. The Balaban J connectivity index is 1.76. The third kappa shape index (κ3) is 3.46. The van der Waals surface area contributed by atoms with Crippen LogP contribution in [0.4, 0.5) is 0 Å². The second-order valence-electron chi connectivity index (χ2n) is 5.11. The zero-order chi connectivity index (χ0) is 14.5. The molecule has 0 bridgehead atoms. The first-order valence-corrected chi connectivity index (χ1v) is 8.11. The Labute approximate surface area is 129 Å². The van der Waals surface area contributed by atoms with Gasteiger partial charge in [0.2, 0.25) is 0 Å². The van der Waals surface area contributed by atoms with Crippen molar-refractivity contribution in [3.8, 4) is 0 Å². The van der Waals surface area contributed by atoms with E-state index in [9.17, 15) is 0 Å². The number of nitrogens with zero attached hydrogens (tertiary/aromatic N) is 2. The van der Waals surface area contributed by atoms with E-state index in [0.29, 0.717) is 0 Å². The van der Waals surface area contributed by atoms with Crippen LogP contribution < -0.4 is 5.32 Å². The molecule has 1 heterocycles. The molecule has 0 fully saturated rings. The summed E-state index contributed by atoms with van der Waals surface area (Å²) in [4.78, 5) is 0. The maximum absolute atomic E-state index is 4.35. The van der Waals surface area contributed by atoms with Crippen LogP contribution in [0.5, 0.6) is 0 Å². The van der Waals surface area contributed by atoms with Crippen molar-refractivity contribution in [3.05, 3.63) is 58.0 Å². The first-order chi connectivity index (χ1) is 10.4. The molecule has 1 N–H and O–H groups in total. The SMILES string of the molecule is CNCCCc1nnc(Cc2cccc3ccccc23)s1. The largest absolute Gasteiger partial charge is 0.320 e. The average Bonchev–Trinajstić information content (AvgIpc) is 2.96. The van der Waals surface area contributed by atoms with Crippen molar-refractivity contribution >= 4 is 22.1 Å². The molecule has 21 heavy (non-hydrogen) atoms. The van der Waals surface area contributed by atoms with E-state index in [-0.39, 0.29) is 0 Å². The molecule has 0 aliphatic heterocycles. The minimum atomic E-state index is 0.866. The second kappa shape index (κ2) is 6.78. The van der Waals surface area contributed by atoms with Crippen LogP contribution in [0, 0.1) is 0 Å². The lowest BCUT2D eigenvalue weighted by Crippen LogP contribution is -2.08. The molecule has 2 aromatic carbocycles. The average molecular weight is 297 g/mol. The highest BCUT2D eigenvalue weighted by Crippen LogP contribution is 2.22. The van der Waals surface area contributed by atoms with Crippen molar-refractivity contribution in [3.63, 3.8) is 0 Å². The lowest BCUT2D eigenvalue weighted by atomic mass is 10.0. The van der Waals surface area contributed by atoms with Gasteiger partial charge in [-0.1, -0.05) is 42.5 Å². The number of aryl methyl sites for hydroxylation is 1. The molecule has 0 saturated carbocycles. The molecule has 0 spiro atoms. The Morgan fingerprint density at radius 2 is 1.81 bits per heavy atom. The predicted molar refractivity (Wildman–Crippen MR) is 88.9 cm³/mol. The molecule has 0 aliphatic carbocycles. The summed E-state index contributed by atoms with van der Waals surface area (Å²) in [5.74, 6) is 0. The normalized spacial score (nSPS) is 11.1. The smallest absolute Gasteiger partial charge is 0.121 e. The van der Waals surface area contributed by atoms with Crippen molar-refractivity contribution in [1.29, 1.82) is 0 Å². The summed E-state index contributed by atoms with van der Waals surface area (Å²) < 4.78 is 0. The van der Waals surface area contributed by atoms with Crippen molar-refractivity contribution in [1.82, 2.24) is 15.5 Å². The minimum Gasteiger partial charge on any atom is -0.320 e. The van der Waals surface area contributed by atoms with Crippen LogP contribution >= 0.6 is 11.3 Å². The topological polar surface area (TPSA) is 37.8 Å². The van der Waals surface area contributed by atoms with Gasteiger partial charge < -0.3 is 5.32 Å². The molecule has 0 aliphatic rings. The van der Waals surface area contributed by atoms with Gasteiger partial charge in [0.05, 0.1) is 0 Å². The number of rotatable bonds is 6. The number of hydrogen-bond donors (Lipinski definition) is 1. The van der Waals surface area contributed by atoms with Gasteiger partial charge in [-0.3, -0.25) is 0 Å². The molecule has 108 valence electrons. The molecule has 0 saturated heterocycles. The molecule has 0 atom stereocenters. The van der Waals surface area contributed by atoms with Crippen LogP contribution in [0.25, 0.3) is 10.8 Å². The number of benzene rings is 2. The quantitative estimate of drug-likeness (QED) is 0.708. The predicted octanol–water partition coefficient (Wildman–Crippen LogP) is 3.43. The highest BCUT2D eigenvalue weighted by Gasteiger charge is 2.07. The molecule has 0 radical (unpaired) electrons. The Bertz CT molecular complexity index is 715. The van der Waals surface area contributed by atoms with E-state index in [1.54, 1.807) is 11.3 Å². The van der Waals surface area contributed by atoms with Crippen LogP contribution in [0.2, 0.25) is 0 Å². The van der Waals surface area contributed by atoms with E-state index in [2.05, 4.69) is 58.0 Å². The summed E-state index contributed by atoms with van der Waals surface area (Å²) in [7, 11) is 1.98. The van der Waals surface area contributed by atoms with Gasteiger partial charge in [0, 0.05) is 12.8 Å². The van der Waals surface area contributed by atoms with Crippen molar-refractivity contribution in [2.75, 3.05) is 13.6 Å². The van der Waals surface area contributed by atoms with Crippen LogP contribution in [0.3, 0.4) is 0 Å². The van der Waals surface area contributed by atoms with Crippen molar-refractivity contribution in [2.45, 2.75) is 19.3 Å². The van der Waals surface area contributed by atoms with Gasteiger partial charge in [-0.05, 0) is 36.3 Å². The molecule has 3 nitrogen and oxygen atoms in total. The van der Waals surface area contributed by atoms with Crippen molar-refractivity contribution in [2.24, 2.45) is 0 Å². The van der Waals surface area contributed by atoms with Gasteiger partial charge >= 0.3 is 0 Å². The fourth-order valence-corrected chi connectivity index (χ4v) is 3.40. The highest BCUT2D eigenvalue weighted by atomic mass is 32.1. The molecular weight excluding hydrogens is 278 g/mol. The number of fused-ring (bicyclic) bond motifs is 1. The van der Waals surface area contributed by atoms with Crippen molar-refractivity contribution < 1.29 is 0 Å². The Morgan fingerprint density at radius 3 is 2.71 bits per heavy atom. The standard InChI is InChI=1S/C17H19N3S/c1-18-11-5-10-16-19-20-17(21-16)12-14-8-4-7-13-6-2-3-9-15(13)14/h2-4,6-9,18H,5,10-12H2,1H3. The summed E-state index contributed by atoms with van der Waals surface area (Å²) >= 11 is 1.74. The molecular formula is C17H19N3S. The van der Waals surface area contributed by atoms with Gasteiger partial charge in [-0.2, -0.15) is 0 Å². The number of nitrogens with one attached hydrogen (secondary N) is 1. The van der Waals surface area contributed by atoms with E-state index in [0.717, 1.165) is 35.8 Å². The number of aromatic nitrogens is 2. The van der Waals surface area contributed by atoms with Crippen LogP contribution in [-0.2, 0) is 12.8 Å². The Hall–Kier alpha value is -1.78. The summed E-state index contributed by atoms with van der Waals surface area (Å²) in [5.41, 5.74) is 1.33. The summed E-state index contributed by atoms with van der Waals surface area (Å²) in [5, 5.41) is 16.7. The van der Waals surface area contributed by atoms with Gasteiger partial charge in [-0.25, -0.2) is 0 Å². The molecule has 1 aromatic heterocycles. The fourth-order valence-electron chi connectivity index (χ4n) is 2.49.